The van der Waals surface area contributed by atoms with Crippen molar-refractivity contribution in [3.05, 3.63) is 33.9 Å². The first-order valence-electron chi connectivity index (χ1n) is 8.17. The van der Waals surface area contributed by atoms with Crippen molar-refractivity contribution in [2.24, 2.45) is 7.05 Å². The van der Waals surface area contributed by atoms with E-state index in [4.69, 9.17) is 28.5 Å². The summed E-state index contributed by atoms with van der Waals surface area (Å²) in [7, 11) is 1.85. The van der Waals surface area contributed by atoms with Crippen molar-refractivity contribution in [1.29, 1.82) is 5.26 Å². The first-order chi connectivity index (χ1) is 12.5. The van der Waals surface area contributed by atoms with E-state index in [9.17, 15) is 0 Å². The van der Waals surface area contributed by atoms with Gasteiger partial charge in [-0.2, -0.15) is 10.2 Å². The fourth-order valence-electron chi connectivity index (χ4n) is 2.77. The number of fused-ring (bicyclic) bond motifs is 1. The minimum atomic E-state index is 0.347. The zero-order chi connectivity index (χ0) is 18.3. The molecule has 7 nitrogen and oxygen atoms in total. The predicted molar refractivity (Wildman–Crippen MR) is 102 cm³/mol. The van der Waals surface area contributed by atoms with Gasteiger partial charge < -0.3 is 10.6 Å². The van der Waals surface area contributed by atoms with Crippen LogP contribution in [0.1, 0.15) is 24.8 Å². The number of halogens is 2. The van der Waals surface area contributed by atoms with Crippen LogP contribution >= 0.6 is 23.2 Å². The number of rotatable bonds is 4. The van der Waals surface area contributed by atoms with E-state index in [1.165, 1.54) is 6.42 Å². The van der Waals surface area contributed by atoms with Crippen LogP contribution in [0.15, 0.2) is 18.3 Å². The summed E-state index contributed by atoms with van der Waals surface area (Å²) in [5.74, 6) is 1.13. The Morgan fingerprint density at radius 1 is 1.23 bits per heavy atom. The van der Waals surface area contributed by atoms with Crippen LogP contribution in [-0.4, -0.2) is 25.6 Å². The second-order valence-electron chi connectivity index (χ2n) is 6.22. The van der Waals surface area contributed by atoms with Crippen molar-refractivity contribution in [2.45, 2.75) is 25.3 Å². The fourth-order valence-corrected chi connectivity index (χ4v) is 3.35. The molecule has 1 aromatic carbocycles. The molecule has 0 spiro atoms. The molecule has 2 heterocycles. The lowest BCUT2D eigenvalue weighted by molar-refractivity contribution is 0.443. The van der Waals surface area contributed by atoms with E-state index < -0.39 is 0 Å². The van der Waals surface area contributed by atoms with Crippen LogP contribution in [0.25, 0.3) is 11.2 Å². The Morgan fingerprint density at radius 3 is 2.58 bits per heavy atom. The number of aryl methyl sites for hydroxylation is 1. The molecule has 4 rings (SSSR count). The van der Waals surface area contributed by atoms with Gasteiger partial charge in [0.2, 0.25) is 11.9 Å². The first kappa shape index (κ1) is 16.9. The van der Waals surface area contributed by atoms with Crippen LogP contribution in [0.5, 0.6) is 0 Å². The molecule has 1 aliphatic rings. The number of hydrogen-bond acceptors (Lipinski definition) is 6. The van der Waals surface area contributed by atoms with Crippen LogP contribution in [0, 0.1) is 11.3 Å². The molecule has 26 heavy (non-hydrogen) atoms. The van der Waals surface area contributed by atoms with Crippen molar-refractivity contribution in [3.8, 4) is 6.07 Å². The maximum Gasteiger partial charge on any atom is 0.224 e. The highest BCUT2D eigenvalue weighted by Gasteiger charge is 2.19. The number of hydrogen-bond donors (Lipinski definition) is 2. The molecule has 1 saturated carbocycles. The van der Waals surface area contributed by atoms with Gasteiger partial charge in [-0.3, -0.25) is 4.57 Å². The summed E-state index contributed by atoms with van der Waals surface area (Å²) in [5, 5.41) is 16.1. The number of aromatic nitrogens is 4. The summed E-state index contributed by atoms with van der Waals surface area (Å²) in [6, 6.07) is 5.58. The maximum absolute atomic E-state index is 8.99. The molecule has 0 radical (unpaired) electrons. The molecule has 0 saturated heterocycles. The van der Waals surface area contributed by atoms with Crippen LogP contribution in [-0.2, 0) is 7.05 Å². The van der Waals surface area contributed by atoms with Gasteiger partial charge in [0.1, 0.15) is 5.52 Å². The van der Waals surface area contributed by atoms with Crippen LogP contribution in [0.4, 0.5) is 17.6 Å². The van der Waals surface area contributed by atoms with E-state index in [-0.39, 0.29) is 0 Å². The molecule has 3 aromatic rings. The second-order valence-corrected chi connectivity index (χ2v) is 7.04. The molecule has 0 unspecified atom stereocenters. The molecule has 9 heteroatoms. The van der Waals surface area contributed by atoms with E-state index in [0.717, 1.165) is 12.8 Å². The first-order valence-corrected chi connectivity index (χ1v) is 8.93. The summed E-state index contributed by atoms with van der Waals surface area (Å²) < 4.78 is 1.81. The summed E-state index contributed by atoms with van der Waals surface area (Å²) in [4.78, 5) is 13.4. The normalized spacial score (nSPS) is 14.1. The van der Waals surface area contributed by atoms with E-state index in [1.807, 2.05) is 17.7 Å². The molecule has 1 fully saturated rings. The Balaban J connectivity index is 1.67. The Bertz CT molecular complexity index is 1010. The van der Waals surface area contributed by atoms with Crippen molar-refractivity contribution in [1.82, 2.24) is 19.5 Å². The number of nitrogens with one attached hydrogen (secondary N) is 2. The van der Waals surface area contributed by atoms with Crippen LogP contribution in [0.2, 0.25) is 10.0 Å². The van der Waals surface area contributed by atoms with Gasteiger partial charge in [-0.15, -0.1) is 0 Å². The molecule has 0 bridgehead atoms. The molecule has 132 valence electrons. The molecular formula is C17H15Cl2N7. The smallest absolute Gasteiger partial charge is 0.224 e. The standard InChI is InChI=1S/C17H15Cl2N7/c1-26-15-13(8-21-16(25-15)22-10-3-2-4-10)23-17(26)24-14-11(18)5-9(7-20)6-12(14)19/h5-6,8,10H,2-4H2,1H3,(H,23,24)(H,21,22,25). The zero-order valence-electron chi connectivity index (χ0n) is 13.9. The summed E-state index contributed by atoms with van der Waals surface area (Å²) in [5.41, 5.74) is 2.25. The molecule has 1 aliphatic carbocycles. The number of imidazole rings is 1. The van der Waals surface area contributed by atoms with Gasteiger partial charge in [-0.25, -0.2) is 9.97 Å². The van der Waals surface area contributed by atoms with Crippen LogP contribution in [0.3, 0.4) is 0 Å². The van der Waals surface area contributed by atoms with Gasteiger partial charge in [0.25, 0.3) is 0 Å². The molecule has 0 amide bonds. The predicted octanol–water partition coefficient (Wildman–Crippen LogP) is 4.25. The third-order valence-corrected chi connectivity index (χ3v) is 5.05. The second kappa shape index (κ2) is 6.63. The van der Waals surface area contributed by atoms with Gasteiger partial charge in [-0.1, -0.05) is 23.2 Å². The molecule has 2 aromatic heterocycles. The monoisotopic (exact) mass is 387 g/mol. The van der Waals surface area contributed by atoms with Gasteiger partial charge in [0.05, 0.1) is 33.6 Å². The topological polar surface area (TPSA) is 91.5 Å². The lowest BCUT2D eigenvalue weighted by Gasteiger charge is -2.26. The van der Waals surface area contributed by atoms with E-state index in [2.05, 4.69) is 25.6 Å². The minimum absolute atomic E-state index is 0.347. The van der Waals surface area contributed by atoms with Crippen molar-refractivity contribution in [2.75, 3.05) is 10.6 Å². The highest BCUT2D eigenvalue weighted by molar-refractivity contribution is 6.39. The number of nitriles is 1. The molecular weight excluding hydrogens is 373 g/mol. The molecule has 0 atom stereocenters. The number of nitrogens with zero attached hydrogens (tertiary/aromatic N) is 5. The van der Waals surface area contributed by atoms with Crippen molar-refractivity contribution < 1.29 is 0 Å². The van der Waals surface area contributed by atoms with E-state index in [0.29, 0.717) is 50.4 Å². The lowest BCUT2D eigenvalue weighted by atomic mass is 9.93. The Labute approximate surface area is 160 Å². The largest absolute Gasteiger partial charge is 0.351 e. The number of anilines is 3. The average molecular weight is 388 g/mol. The quantitative estimate of drug-likeness (QED) is 0.694. The Kier molecular flexibility index (Phi) is 4.31. The highest BCUT2D eigenvalue weighted by atomic mass is 35.5. The third kappa shape index (κ3) is 3.02. The van der Waals surface area contributed by atoms with Gasteiger partial charge in [0, 0.05) is 13.1 Å². The third-order valence-electron chi connectivity index (χ3n) is 4.46. The van der Waals surface area contributed by atoms with Crippen molar-refractivity contribution >= 4 is 51.9 Å². The fraction of sp³-hybridized carbons (Fsp3) is 0.294. The van der Waals surface area contributed by atoms with Gasteiger partial charge >= 0.3 is 0 Å². The lowest BCUT2D eigenvalue weighted by Crippen LogP contribution is -2.28. The molecule has 2 N–H and O–H groups in total. The van der Waals surface area contributed by atoms with Crippen LogP contribution < -0.4 is 10.6 Å². The summed E-state index contributed by atoms with van der Waals surface area (Å²) in [6.45, 7) is 0. The van der Waals surface area contributed by atoms with Gasteiger partial charge in [0.15, 0.2) is 5.65 Å². The highest BCUT2D eigenvalue weighted by Crippen LogP contribution is 2.34. The molecule has 0 aliphatic heterocycles. The number of benzene rings is 1. The minimum Gasteiger partial charge on any atom is -0.351 e. The summed E-state index contributed by atoms with van der Waals surface area (Å²) >= 11 is 12.5. The van der Waals surface area contributed by atoms with E-state index in [1.54, 1.807) is 18.3 Å². The van der Waals surface area contributed by atoms with Gasteiger partial charge in [-0.05, 0) is 31.4 Å². The van der Waals surface area contributed by atoms with E-state index >= 15 is 0 Å². The van der Waals surface area contributed by atoms with Crippen molar-refractivity contribution in [3.63, 3.8) is 0 Å². The Morgan fingerprint density at radius 2 is 1.96 bits per heavy atom. The Hall–Kier alpha value is -2.56. The average Bonchev–Trinajstić information content (AvgIpc) is 2.90. The maximum atomic E-state index is 8.99. The SMILES string of the molecule is Cn1c(Nc2c(Cl)cc(C#N)cc2Cl)nc2cnc(NC3CCC3)nc21. The zero-order valence-corrected chi connectivity index (χ0v) is 15.4. The summed E-state index contributed by atoms with van der Waals surface area (Å²) in [6.07, 6.45) is 5.23.